The number of sulfonamides is 1. The van der Waals surface area contributed by atoms with Gasteiger partial charge in [-0.2, -0.15) is 11.8 Å². The molecule has 0 radical (unpaired) electrons. The highest BCUT2D eigenvalue weighted by Crippen LogP contribution is 2.26. The second kappa shape index (κ2) is 11.3. The normalized spacial score (nSPS) is 11.3. The molecule has 3 aromatic carbocycles. The van der Waals surface area contributed by atoms with Gasteiger partial charge in [0.05, 0.1) is 5.02 Å². The van der Waals surface area contributed by atoms with E-state index in [4.69, 9.17) is 23.2 Å². The summed E-state index contributed by atoms with van der Waals surface area (Å²) in [6.07, 6.45) is 0. The summed E-state index contributed by atoms with van der Waals surface area (Å²) >= 11 is 14.0. The lowest BCUT2D eigenvalue weighted by Gasteiger charge is -2.12. The van der Waals surface area contributed by atoms with Crippen LogP contribution in [0.25, 0.3) is 0 Å². The van der Waals surface area contributed by atoms with Gasteiger partial charge in [-0.05, 0) is 66.9 Å². The molecule has 33 heavy (non-hydrogen) atoms. The fourth-order valence-corrected chi connectivity index (χ4v) is 5.94. The first-order valence-electron chi connectivity index (χ1n) is 10.2. The number of carbonyl (C=O) groups excluding carboxylic acids is 1. The summed E-state index contributed by atoms with van der Waals surface area (Å²) in [6.45, 7) is 4.20. The molecule has 0 aliphatic carbocycles. The van der Waals surface area contributed by atoms with Crippen molar-refractivity contribution >= 4 is 56.6 Å². The topological polar surface area (TPSA) is 75.3 Å². The third-order valence-corrected chi connectivity index (χ3v) is 7.94. The van der Waals surface area contributed by atoms with Crippen LogP contribution < -0.4 is 10.0 Å². The number of hydrogen-bond donors (Lipinski definition) is 2. The predicted molar refractivity (Wildman–Crippen MR) is 138 cm³/mol. The molecular formula is C24H24Cl2N2O3S2. The van der Waals surface area contributed by atoms with E-state index in [9.17, 15) is 13.2 Å². The molecular weight excluding hydrogens is 499 g/mol. The molecule has 0 aliphatic heterocycles. The van der Waals surface area contributed by atoms with Crippen LogP contribution in [-0.4, -0.2) is 26.6 Å². The van der Waals surface area contributed by atoms with Gasteiger partial charge in [0.2, 0.25) is 0 Å². The second-order valence-corrected chi connectivity index (χ2v) is 11.1. The number of amides is 1. The van der Waals surface area contributed by atoms with E-state index >= 15 is 0 Å². The van der Waals surface area contributed by atoms with E-state index < -0.39 is 10.0 Å². The molecule has 0 heterocycles. The zero-order valence-electron chi connectivity index (χ0n) is 18.2. The van der Waals surface area contributed by atoms with Crippen molar-refractivity contribution in [1.82, 2.24) is 5.32 Å². The Kier molecular flexibility index (Phi) is 8.70. The van der Waals surface area contributed by atoms with Crippen molar-refractivity contribution in [2.75, 3.05) is 17.0 Å². The molecule has 0 aliphatic rings. The van der Waals surface area contributed by atoms with Crippen molar-refractivity contribution in [3.8, 4) is 0 Å². The predicted octanol–water partition coefficient (Wildman–Crippen LogP) is 6.07. The molecule has 0 saturated heterocycles. The van der Waals surface area contributed by atoms with Gasteiger partial charge in [-0.15, -0.1) is 0 Å². The molecule has 0 saturated carbocycles. The highest BCUT2D eigenvalue weighted by atomic mass is 35.5. The van der Waals surface area contributed by atoms with Crippen LogP contribution in [-0.2, 0) is 15.8 Å². The lowest BCUT2D eigenvalue weighted by molar-refractivity contribution is 0.0956. The molecule has 9 heteroatoms. The maximum atomic E-state index is 12.9. The first-order valence-corrected chi connectivity index (χ1v) is 13.5. The monoisotopic (exact) mass is 522 g/mol. The van der Waals surface area contributed by atoms with E-state index in [1.54, 1.807) is 23.9 Å². The largest absolute Gasteiger partial charge is 0.351 e. The van der Waals surface area contributed by atoms with Gasteiger partial charge in [0, 0.05) is 34.3 Å². The van der Waals surface area contributed by atoms with E-state index in [0.717, 1.165) is 27.5 Å². The summed E-state index contributed by atoms with van der Waals surface area (Å²) in [4.78, 5) is 12.4. The Labute approximate surface area is 208 Å². The van der Waals surface area contributed by atoms with Gasteiger partial charge in [0.1, 0.15) is 4.90 Å². The zero-order valence-corrected chi connectivity index (χ0v) is 21.3. The smallest absolute Gasteiger partial charge is 0.263 e. The molecule has 3 aromatic rings. The summed E-state index contributed by atoms with van der Waals surface area (Å²) < 4.78 is 28.4. The third kappa shape index (κ3) is 7.14. The highest BCUT2D eigenvalue weighted by Gasteiger charge is 2.20. The van der Waals surface area contributed by atoms with Crippen molar-refractivity contribution in [3.63, 3.8) is 0 Å². The van der Waals surface area contributed by atoms with Crippen molar-refractivity contribution < 1.29 is 13.2 Å². The van der Waals surface area contributed by atoms with Crippen molar-refractivity contribution in [2.24, 2.45) is 0 Å². The molecule has 0 atom stereocenters. The minimum Gasteiger partial charge on any atom is -0.351 e. The fourth-order valence-electron chi connectivity index (χ4n) is 3.23. The van der Waals surface area contributed by atoms with E-state index in [2.05, 4.69) is 10.0 Å². The lowest BCUT2D eigenvalue weighted by Crippen LogP contribution is -2.26. The number of halogens is 2. The molecule has 174 valence electrons. The summed E-state index contributed by atoms with van der Waals surface area (Å²) in [5.41, 5.74) is 3.56. The maximum Gasteiger partial charge on any atom is 0.263 e. The number of nitrogens with one attached hydrogen (secondary N) is 2. The second-order valence-electron chi connectivity index (χ2n) is 7.53. The SMILES string of the molecule is Cc1cc(C)cc(NS(=O)(=O)c2cc(C(=O)NCCSCc3ccccc3Cl)ccc2Cl)c1. The molecule has 5 nitrogen and oxygen atoms in total. The fraction of sp³-hybridized carbons (Fsp3) is 0.208. The Hall–Kier alpha value is -2.19. The van der Waals surface area contributed by atoms with Crippen LogP contribution in [0, 0.1) is 13.8 Å². The number of hydrogen-bond acceptors (Lipinski definition) is 4. The Morgan fingerprint density at radius 1 is 0.939 bits per heavy atom. The van der Waals surface area contributed by atoms with Gasteiger partial charge in [-0.3, -0.25) is 9.52 Å². The summed E-state index contributed by atoms with van der Waals surface area (Å²) in [5, 5.41) is 3.57. The first-order chi connectivity index (χ1) is 15.7. The van der Waals surface area contributed by atoms with Crippen LogP contribution in [0.1, 0.15) is 27.0 Å². The number of aryl methyl sites for hydroxylation is 2. The molecule has 0 spiro atoms. The summed E-state index contributed by atoms with van der Waals surface area (Å²) in [6, 6.07) is 17.3. The van der Waals surface area contributed by atoms with Crippen LogP contribution in [0.2, 0.25) is 10.0 Å². The minimum atomic E-state index is -3.98. The molecule has 0 bridgehead atoms. The number of thioether (sulfide) groups is 1. The average Bonchev–Trinajstić information content (AvgIpc) is 2.73. The van der Waals surface area contributed by atoms with Gasteiger partial charge in [-0.25, -0.2) is 8.42 Å². The molecule has 0 aromatic heterocycles. The molecule has 3 rings (SSSR count). The standard InChI is InChI=1S/C24H24Cl2N2O3S2/c1-16-11-17(2)13-20(12-16)28-33(30,31)23-14-18(7-8-22(23)26)24(29)27-9-10-32-15-19-5-3-4-6-21(19)25/h3-8,11-14,28H,9-10,15H2,1-2H3,(H,27,29). The van der Waals surface area contributed by atoms with Gasteiger partial charge in [0.15, 0.2) is 0 Å². The number of anilines is 1. The van der Waals surface area contributed by atoms with Gasteiger partial charge in [-0.1, -0.05) is 47.5 Å². The van der Waals surface area contributed by atoms with Crippen LogP contribution in [0.15, 0.2) is 65.6 Å². The van der Waals surface area contributed by atoms with Gasteiger partial charge < -0.3 is 5.32 Å². The van der Waals surface area contributed by atoms with Gasteiger partial charge >= 0.3 is 0 Å². The zero-order chi connectivity index (χ0) is 24.0. The van der Waals surface area contributed by atoms with Gasteiger partial charge in [0.25, 0.3) is 15.9 Å². The van der Waals surface area contributed by atoms with E-state index in [-0.39, 0.29) is 21.4 Å². The van der Waals surface area contributed by atoms with Crippen molar-refractivity contribution in [3.05, 3.63) is 93.0 Å². The van der Waals surface area contributed by atoms with E-state index in [0.29, 0.717) is 18.0 Å². The Morgan fingerprint density at radius 3 is 2.33 bits per heavy atom. The van der Waals surface area contributed by atoms with E-state index in [1.807, 2.05) is 44.2 Å². The molecule has 2 N–H and O–H groups in total. The molecule has 0 fully saturated rings. The minimum absolute atomic E-state index is 0.0405. The summed E-state index contributed by atoms with van der Waals surface area (Å²) in [7, 11) is -3.98. The maximum absolute atomic E-state index is 12.9. The Bertz CT molecular complexity index is 1240. The summed E-state index contributed by atoms with van der Waals surface area (Å²) in [5.74, 6) is 1.06. The first kappa shape index (κ1) is 25.4. The Morgan fingerprint density at radius 2 is 1.64 bits per heavy atom. The van der Waals surface area contributed by atoms with Crippen LogP contribution in [0.4, 0.5) is 5.69 Å². The van der Waals surface area contributed by atoms with E-state index in [1.165, 1.54) is 18.2 Å². The van der Waals surface area contributed by atoms with Crippen molar-refractivity contribution in [1.29, 1.82) is 0 Å². The molecule has 1 amide bonds. The quantitative estimate of drug-likeness (QED) is 0.334. The highest BCUT2D eigenvalue weighted by molar-refractivity contribution is 7.98. The van der Waals surface area contributed by atoms with Crippen LogP contribution >= 0.6 is 35.0 Å². The number of rotatable bonds is 9. The lowest BCUT2D eigenvalue weighted by atomic mass is 10.1. The number of benzene rings is 3. The third-order valence-electron chi connectivity index (χ3n) is 4.70. The van der Waals surface area contributed by atoms with Crippen LogP contribution in [0.3, 0.4) is 0 Å². The Balaban J connectivity index is 1.62. The number of carbonyl (C=O) groups is 1. The van der Waals surface area contributed by atoms with Crippen molar-refractivity contribution in [2.45, 2.75) is 24.5 Å². The van der Waals surface area contributed by atoms with Crippen LogP contribution in [0.5, 0.6) is 0 Å². The molecule has 0 unspecified atom stereocenters. The average molecular weight is 524 g/mol.